The molecule has 0 aliphatic rings. The van der Waals surface area contributed by atoms with Gasteiger partial charge >= 0.3 is 0 Å². The monoisotopic (exact) mass is 144 g/mol. The van der Waals surface area contributed by atoms with Gasteiger partial charge in [0, 0.05) is 16.8 Å². The van der Waals surface area contributed by atoms with Gasteiger partial charge in [0.15, 0.2) is 0 Å². The third-order valence-corrected chi connectivity index (χ3v) is 0.306. The van der Waals surface area contributed by atoms with E-state index in [1.54, 1.807) is 0 Å². The smallest absolute Gasteiger partial charge is 0 e. The Balaban J connectivity index is 0. The summed E-state index contributed by atoms with van der Waals surface area (Å²) >= 11 is 0. The van der Waals surface area contributed by atoms with Crippen molar-refractivity contribution >= 4 is 6.29 Å². The molecule has 7 heavy (non-hydrogen) atoms. The molecule has 0 N–H and O–H groups in total. The molecule has 0 amide bonds. The maximum absolute atomic E-state index is 9.70. The van der Waals surface area contributed by atoms with Gasteiger partial charge in [0.05, 0.1) is 0 Å². The van der Waals surface area contributed by atoms with Crippen LogP contribution in [0.4, 0.5) is 0 Å². The normalized spacial score (nSPS) is 9.57. The summed E-state index contributed by atoms with van der Waals surface area (Å²) < 4.78 is 0. The van der Waals surface area contributed by atoms with Crippen molar-refractivity contribution in [3.63, 3.8) is 0 Å². The number of rotatable bonds is 0. The van der Waals surface area contributed by atoms with Crippen molar-refractivity contribution in [2.45, 2.75) is 20.8 Å². The summed E-state index contributed by atoms with van der Waals surface area (Å²) in [5, 5.41) is 0. The molecule has 2 heteroatoms. The van der Waals surface area contributed by atoms with E-state index in [1.165, 1.54) is 0 Å². The standard InChI is InChI=1S/C5H9O.Co/c1-5(2,3)4-6;/h1-3H3;/q-1;. The van der Waals surface area contributed by atoms with E-state index in [4.69, 9.17) is 0 Å². The van der Waals surface area contributed by atoms with Crippen LogP contribution in [-0.2, 0) is 21.6 Å². The van der Waals surface area contributed by atoms with Crippen LogP contribution in [0, 0.1) is 5.41 Å². The maximum atomic E-state index is 9.70. The van der Waals surface area contributed by atoms with Gasteiger partial charge in [-0.15, -0.1) is 5.41 Å². The van der Waals surface area contributed by atoms with Crippen LogP contribution >= 0.6 is 0 Å². The predicted molar refractivity (Wildman–Crippen MR) is 25.1 cm³/mol. The van der Waals surface area contributed by atoms with E-state index in [9.17, 15) is 4.79 Å². The van der Waals surface area contributed by atoms with Crippen LogP contribution in [0.25, 0.3) is 0 Å². The van der Waals surface area contributed by atoms with Crippen LogP contribution < -0.4 is 0 Å². The quantitative estimate of drug-likeness (QED) is 0.466. The molecule has 0 atom stereocenters. The van der Waals surface area contributed by atoms with E-state index in [-0.39, 0.29) is 22.2 Å². The van der Waals surface area contributed by atoms with Crippen LogP contribution in [0.2, 0.25) is 0 Å². The number of hydrogen-bond donors (Lipinski definition) is 0. The molecule has 0 fully saturated rings. The molecule has 0 aromatic carbocycles. The Hall–Kier alpha value is 0.176. The first-order valence-electron chi connectivity index (χ1n) is 1.95. The molecule has 0 saturated heterocycles. The fourth-order valence-electron chi connectivity index (χ4n) is 0. The predicted octanol–water partition coefficient (Wildman–Crippen LogP) is 1.14. The maximum Gasteiger partial charge on any atom is 0 e. The average Bonchev–Trinajstić information content (AvgIpc) is 1.35. The zero-order valence-corrected chi connectivity index (χ0v) is 5.78. The molecular weight excluding hydrogens is 135 g/mol. The fourth-order valence-corrected chi connectivity index (χ4v) is 0. The van der Waals surface area contributed by atoms with Crippen molar-refractivity contribution in [3.8, 4) is 0 Å². The van der Waals surface area contributed by atoms with E-state index in [0.29, 0.717) is 0 Å². The summed E-state index contributed by atoms with van der Waals surface area (Å²) in [6.45, 7) is 5.46. The Bertz CT molecular complexity index is 53.6. The average molecular weight is 144 g/mol. The van der Waals surface area contributed by atoms with Gasteiger partial charge in [0.2, 0.25) is 0 Å². The van der Waals surface area contributed by atoms with E-state index in [2.05, 4.69) is 0 Å². The van der Waals surface area contributed by atoms with Gasteiger partial charge in [-0.3, -0.25) is 6.29 Å². The van der Waals surface area contributed by atoms with Crippen LogP contribution in [0.3, 0.4) is 0 Å². The summed E-state index contributed by atoms with van der Waals surface area (Å²) in [5.74, 6) is 0. The van der Waals surface area contributed by atoms with E-state index in [1.807, 2.05) is 27.1 Å². The minimum absolute atomic E-state index is 0. The van der Waals surface area contributed by atoms with Gasteiger partial charge in [-0.05, 0) is 0 Å². The molecule has 0 rings (SSSR count). The van der Waals surface area contributed by atoms with Crippen molar-refractivity contribution in [2.24, 2.45) is 5.41 Å². The first-order chi connectivity index (χ1) is 2.56. The Labute approximate surface area is 54.7 Å². The SMILES string of the molecule is CC(C)(C)[C-]=O.[Co]. The molecule has 45 valence electrons. The number of hydrogen-bond acceptors (Lipinski definition) is 1. The van der Waals surface area contributed by atoms with Gasteiger partial charge in [-0.1, -0.05) is 20.8 Å². The molecular formula is C5H9CoO-. The first-order valence-corrected chi connectivity index (χ1v) is 1.95. The fraction of sp³-hybridized carbons (Fsp3) is 0.800. The molecule has 0 unspecified atom stereocenters. The molecule has 0 aliphatic heterocycles. The molecule has 0 aromatic heterocycles. The van der Waals surface area contributed by atoms with Crippen molar-refractivity contribution in [1.82, 2.24) is 0 Å². The molecule has 0 heterocycles. The van der Waals surface area contributed by atoms with Crippen LogP contribution in [0.1, 0.15) is 20.8 Å². The summed E-state index contributed by atoms with van der Waals surface area (Å²) in [5.41, 5.74) is -0.264. The molecule has 0 aliphatic carbocycles. The van der Waals surface area contributed by atoms with Gasteiger partial charge in [-0.2, -0.15) is 0 Å². The Morgan fingerprint density at radius 3 is 1.43 bits per heavy atom. The zero-order valence-electron chi connectivity index (χ0n) is 4.74. The van der Waals surface area contributed by atoms with Gasteiger partial charge in [0.1, 0.15) is 0 Å². The van der Waals surface area contributed by atoms with Crippen molar-refractivity contribution in [1.29, 1.82) is 0 Å². The van der Waals surface area contributed by atoms with E-state index in [0.717, 1.165) is 0 Å². The minimum Gasteiger partial charge on any atom is -0.541 e. The zero-order chi connectivity index (χ0) is 5.21. The van der Waals surface area contributed by atoms with Crippen molar-refractivity contribution < 1.29 is 21.6 Å². The Morgan fingerprint density at radius 2 is 1.43 bits per heavy atom. The second kappa shape index (κ2) is 3.21. The summed E-state index contributed by atoms with van der Waals surface area (Å²) in [7, 11) is 0. The van der Waals surface area contributed by atoms with Gasteiger partial charge < -0.3 is 4.79 Å². The van der Waals surface area contributed by atoms with E-state index >= 15 is 0 Å². The molecule has 1 nitrogen and oxygen atoms in total. The van der Waals surface area contributed by atoms with Crippen molar-refractivity contribution in [2.75, 3.05) is 0 Å². The second-order valence-electron chi connectivity index (χ2n) is 2.35. The largest absolute Gasteiger partial charge is 0.541 e. The molecule has 0 spiro atoms. The summed E-state index contributed by atoms with van der Waals surface area (Å²) in [6.07, 6.45) is 1.85. The van der Waals surface area contributed by atoms with Crippen LogP contribution in [0.15, 0.2) is 0 Å². The molecule has 0 bridgehead atoms. The van der Waals surface area contributed by atoms with Crippen LogP contribution in [0.5, 0.6) is 0 Å². The molecule has 0 saturated carbocycles. The van der Waals surface area contributed by atoms with Crippen molar-refractivity contribution in [3.05, 3.63) is 0 Å². The molecule has 0 aromatic rings. The third-order valence-electron chi connectivity index (χ3n) is 0.306. The van der Waals surface area contributed by atoms with Gasteiger partial charge in [-0.25, -0.2) is 0 Å². The summed E-state index contributed by atoms with van der Waals surface area (Å²) in [4.78, 5) is 9.70. The third kappa shape index (κ3) is 10.7. The molecule has 1 radical (unpaired) electrons. The second-order valence-corrected chi connectivity index (χ2v) is 2.35. The first kappa shape index (κ1) is 10.2. The minimum atomic E-state index is -0.264. The van der Waals surface area contributed by atoms with Gasteiger partial charge in [0.25, 0.3) is 0 Å². The summed E-state index contributed by atoms with van der Waals surface area (Å²) in [6, 6.07) is 0. The topological polar surface area (TPSA) is 17.1 Å². The number of carbonyl (C=O) groups excluding carboxylic acids is 1. The van der Waals surface area contributed by atoms with Crippen LogP contribution in [-0.4, -0.2) is 6.29 Å². The Kier molecular flexibility index (Phi) is 4.69. The van der Waals surface area contributed by atoms with E-state index < -0.39 is 0 Å². The Morgan fingerprint density at radius 1 is 1.29 bits per heavy atom.